The Labute approximate surface area is 115 Å². The van der Waals surface area contributed by atoms with Gasteiger partial charge in [0.2, 0.25) is 10.0 Å². The fourth-order valence-electron chi connectivity index (χ4n) is 1.88. The van der Waals surface area contributed by atoms with Gasteiger partial charge in [-0.2, -0.15) is 0 Å². The van der Waals surface area contributed by atoms with Gasteiger partial charge in [0, 0.05) is 24.8 Å². The molecule has 6 heteroatoms. The zero-order chi connectivity index (χ0) is 14.5. The molecule has 0 saturated carbocycles. The molecule has 1 aromatic carbocycles. The standard InChI is InChI=1S/C13H22N2O3S/c1-4-14-19(17,18)13-7-5-12(6-8-13)15(9-10-16)11(2)3/h5-8,11,14,16H,4,9-10H2,1-3H3. The molecule has 0 bridgehead atoms. The number of aliphatic hydroxyl groups excluding tert-OH is 1. The van der Waals surface area contributed by atoms with Gasteiger partial charge < -0.3 is 10.0 Å². The number of sulfonamides is 1. The number of hydrogen-bond donors (Lipinski definition) is 2. The van der Waals surface area contributed by atoms with Crippen molar-refractivity contribution in [2.45, 2.75) is 31.7 Å². The second-order valence-corrected chi connectivity index (χ2v) is 6.27. The average molecular weight is 286 g/mol. The molecule has 0 aromatic heterocycles. The Morgan fingerprint density at radius 3 is 2.26 bits per heavy atom. The van der Waals surface area contributed by atoms with Crippen molar-refractivity contribution in [2.24, 2.45) is 0 Å². The Hall–Kier alpha value is -1.11. The van der Waals surface area contributed by atoms with E-state index in [-0.39, 0.29) is 17.5 Å². The first-order chi connectivity index (χ1) is 8.92. The maximum atomic E-state index is 11.8. The largest absolute Gasteiger partial charge is 0.395 e. The van der Waals surface area contributed by atoms with E-state index in [1.165, 1.54) is 0 Å². The van der Waals surface area contributed by atoms with Gasteiger partial charge in [-0.25, -0.2) is 13.1 Å². The molecule has 1 rings (SSSR count). The molecule has 0 fully saturated rings. The molecule has 0 saturated heterocycles. The summed E-state index contributed by atoms with van der Waals surface area (Å²) in [5.74, 6) is 0. The first-order valence-electron chi connectivity index (χ1n) is 6.39. The number of anilines is 1. The van der Waals surface area contributed by atoms with Crippen LogP contribution < -0.4 is 9.62 Å². The van der Waals surface area contributed by atoms with E-state index in [9.17, 15) is 8.42 Å². The summed E-state index contributed by atoms with van der Waals surface area (Å²) < 4.78 is 26.1. The summed E-state index contributed by atoms with van der Waals surface area (Å²) in [6, 6.07) is 6.93. The van der Waals surface area contributed by atoms with Gasteiger partial charge in [-0.3, -0.25) is 0 Å². The molecular formula is C13H22N2O3S. The molecule has 0 aliphatic rings. The molecule has 0 heterocycles. The van der Waals surface area contributed by atoms with Crippen molar-refractivity contribution >= 4 is 15.7 Å². The Morgan fingerprint density at radius 2 is 1.84 bits per heavy atom. The predicted octanol–water partition coefficient (Wildman–Crippen LogP) is 1.19. The van der Waals surface area contributed by atoms with Crippen molar-refractivity contribution in [3.05, 3.63) is 24.3 Å². The summed E-state index contributed by atoms with van der Waals surface area (Å²) in [6.07, 6.45) is 0. The van der Waals surface area contributed by atoms with Crippen molar-refractivity contribution in [1.82, 2.24) is 4.72 Å². The van der Waals surface area contributed by atoms with Crippen LogP contribution in [-0.4, -0.2) is 39.3 Å². The number of nitrogens with one attached hydrogen (secondary N) is 1. The second-order valence-electron chi connectivity index (χ2n) is 4.51. The maximum Gasteiger partial charge on any atom is 0.240 e. The molecule has 5 nitrogen and oxygen atoms in total. The summed E-state index contributed by atoms with van der Waals surface area (Å²) in [5.41, 5.74) is 0.902. The first-order valence-corrected chi connectivity index (χ1v) is 7.88. The number of nitrogens with zero attached hydrogens (tertiary/aromatic N) is 1. The summed E-state index contributed by atoms with van der Waals surface area (Å²) in [4.78, 5) is 2.27. The summed E-state index contributed by atoms with van der Waals surface area (Å²) >= 11 is 0. The van der Waals surface area contributed by atoms with Crippen molar-refractivity contribution < 1.29 is 13.5 Å². The molecule has 0 unspecified atom stereocenters. The Bertz CT molecular complexity index is 483. The van der Waals surface area contributed by atoms with Gasteiger partial charge in [-0.1, -0.05) is 6.92 Å². The van der Waals surface area contributed by atoms with Crippen LogP contribution in [0.4, 0.5) is 5.69 Å². The van der Waals surface area contributed by atoms with E-state index in [0.717, 1.165) is 5.69 Å². The molecule has 0 atom stereocenters. The van der Waals surface area contributed by atoms with Crippen LogP contribution in [0.25, 0.3) is 0 Å². The normalized spacial score (nSPS) is 11.8. The third-order valence-corrected chi connectivity index (χ3v) is 4.34. The van der Waals surface area contributed by atoms with E-state index in [1.807, 2.05) is 18.7 Å². The van der Waals surface area contributed by atoms with Crippen molar-refractivity contribution in [3.8, 4) is 0 Å². The number of hydrogen-bond acceptors (Lipinski definition) is 4. The summed E-state index contributed by atoms with van der Waals surface area (Å²) in [7, 11) is -3.40. The highest BCUT2D eigenvalue weighted by Gasteiger charge is 2.14. The molecular weight excluding hydrogens is 264 g/mol. The molecule has 0 aliphatic heterocycles. The average Bonchev–Trinajstić information content (AvgIpc) is 2.35. The highest BCUT2D eigenvalue weighted by atomic mass is 32.2. The van der Waals surface area contributed by atoms with Gasteiger partial charge in [0.1, 0.15) is 0 Å². The minimum Gasteiger partial charge on any atom is -0.395 e. The molecule has 0 aliphatic carbocycles. The minimum absolute atomic E-state index is 0.0651. The topological polar surface area (TPSA) is 69.6 Å². The van der Waals surface area contributed by atoms with Crippen molar-refractivity contribution in [3.63, 3.8) is 0 Å². The molecule has 1 aromatic rings. The van der Waals surface area contributed by atoms with Crippen LogP contribution in [0.3, 0.4) is 0 Å². The fourth-order valence-corrected chi connectivity index (χ4v) is 2.92. The maximum absolute atomic E-state index is 11.8. The molecule has 2 N–H and O–H groups in total. The molecule has 108 valence electrons. The van der Waals surface area contributed by atoms with Crippen LogP contribution in [0.15, 0.2) is 29.2 Å². The quantitative estimate of drug-likeness (QED) is 0.790. The van der Waals surface area contributed by atoms with E-state index >= 15 is 0 Å². The minimum atomic E-state index is -3.40. The summed E-state index contributed by atoms with van der Waals surface area (Å²) in [5, 5.41) is 9.05. The third-order valence-electron chi connectivity index (χ3n) is 2.78. The lowest BCUT2D eigenvalue weighted by Crippen LogP contribution is -2.33. The van der Waals surface area contributed by atoms with Gasteiger partial charge in [0.25, 0.3) is 0 Å². The van der Waals surface area contributed by atoms with Crippen LogP contribution in [0.1, 0.15) is 20.8 Å². The lowest BCUT2D eigenvalue weighted by atomic mass is 10.2. The Balaban J connectivity index is 2.98. The third kappa shape index (κ3) is 4.19. The van der Waals surface area contributed by atoms with Gasteiger partial charge in [-0.05, 0) is 38.1 Å². The van der Waals surface area contributed by atoms with E-state index < -0.39 is 10.0 Å². The van der Waals surface area contributed by atoms with Gasteiger partial charge in [-0.15, -0.1) is 0 Å². The highest BCUT2D eigenvalue weighted by molar-refractivity contribution is 7.89. The highest BCUT2D eigenvalue weighted by Crippen LogP contribution is 2.19. The van der Waals surface area contributed by atoms with E-state index in [1.54, 1.807) is 31.2 Å². The van der Waals surface area contributed by atoms with E-state index in [0.29, 0.717) is 13.1 Å². The monoisotopic (exact) mass is 286 g/mol. The van der Waals surface area contributed by atoms with Crippen molar-refractivity contribution in [2.75, 3.05) is 24.6 Å². The first kappa shape index (κ1) is 15.9. The van der Waals surface area contributed by atoms with Gasteiger partial charge >= 0.3 is 0 Å². The SMILES string of the molecule is CCNS(=O)(=O)c1ccc(N(CCO)C(C)C)cc1. The van der Waals surface area contributed by atoms with Crippen molar-refractivity contribution in [1.29, 1.82) is 0 Å². The second kappa shape index (κ2) is 6.88. The van der Waals surface area contributed by atoms with Gasteiger partial charge in [0.05, 0.1) is 11.5 Å². The molecule has 19 heavy (non-hydrogen) atoms. The summed E-state index contributed by atoms with van der Waals surface area (Å²) in [6.45, 7) is 6.75. The van der Waals surface area contributed by atoms with E-state index in [2.05, 4.69) is 4.72 Å². The lowest BCUT2D eigenvalue weighted by molar-refractivity contribution is 0.299. The lowest BCUT2D eigenvalue weighted by Gasteiger charge is -2.28. The van der Waals surface area contributed by atoms with Gasteiger partial charge in [0.15, 0.2) is 0 Å². The molecule has 0 radical (unpaired) electrons. The number of benzene rings is 1. The van der Waals surface area contributed by atoms with Crippen LogP contribution in [0.2, 0.25) is 0 Å². The van der Waals surface area contributed by atoms with Crippen LogP contribution in [0.5, 0.6) is 0 Å². The predicted molar refractivity (Wildman–Crippen MR) is 76.9 cm³/mol. The van der Waals surface area contributed by atoms with Crippen LogP contribution in [0, 0.1) is 0 Å². The molecule has 0 spiro atoms. The molecule has 0 amide bonds. The Morgan fingerprint density at radius 1 is 1.26 bits per heavy atom. The smallest absolute Gasteiger partial charge is 0.240 e. The zero-order valence-electron chi connectivity index (χ0n) is 11.6. The van der Waals surface area contributed by atoms with E-state index in [4.69, 9.17) is 5.11 Å². The zero-order valence-corrected chi connectivity index (χ0v) is 12.4. The van der Waals surface area contributed by atoms with Crippen LogP contribution >= 0.6 is 0 Å². The number of aliphatic hydroxyl groups is 1. The van der Waals surface area contributed by atoms with Crippen LogP contribution in [-0.2, 0) is 10.0 Å². The number of rotatable bonds is 7. The fraction of sp³-hybridized carbons (Fsp3) is 0.538. The Kier molecular flexibility index (Phi) is 5.78.